The van der Waals surface area contributed by atoms with Gasteiger partial charge in [-0.1, -0.05) is 18.2 Å². The molecule has 27 heavy (non-hydrogen) atoms. The summed E-state index contributed by atoms with van der Waals surface area (Å²) < 4.78 is 5.26. The molecule has 7 heteroatoms. The van der Waals surface area contributed by atoms with Crippen LogP contribution in [0.3, 0.4) is 0 Å². The summed E-state index contributed by atoms with van der Waals surface area (Å²) in [6.07, 6.45) is 0. The highest BCUT2D eigenvalue weighted by Crippen LogP contribution is 2.24. The predicted octanol–water partition coefficient (Wildman–Crippen LogP) is 2.90. The Balaban J connectivity index is 1.53. The maximum atomic E-state index is 13.1. The van der Waals surface area contributed by atoms with E-state index in [9.17, 15) is 9.59 Å². The largest absolute Gasteiger partial charge is 0.481 e. The molecule has 0 spiro atoms. The predicted molar refractivity (Wildman–Crippen MR) is 104 cm³/mol. The summed E-state index contributed by atoms with van der Waals surface area (Å²) in [4.78, 5) is 33.6. The third-order valence-electron chi connectivity index (χ3n) is 4.75. The number of carbonyl (C=O) groups excluding carboxylic acids is 2. The molecular formula is C20H19N3O3S. The first-order valence-electron chi connectivity index (χ1n) is 8.72. The lowest BCUT2D eigenvalue weighted by atomic mass is 10.1. The number of piperazine rings is 1. The molecule has 1 aromatic carbocycles. The number of pyridine rings is 1. The van der Waals surface area contributed by atoms with E-state index in [0.29, 0.717) is 43.2 Å². The maximum Gasteiger partial charge on any atom is 0.254 e. The number of aromatic nitrogens is 1. The topological polar surface area (TPSA) is 62.7 Å². The summed E-state index contributed by atoms with van der Waals surface area (Å²) in [5.41, 5.74) is 2.02. The van der Waals surface area contributed by atoms with E-state index < -0.39 is 0 Å². The van der Waals surface area contributed by atoms with Crippen LogP contribution in [0.25, 0.3) is 10.9 Å². The van der Waals surface area contributed by atoms with E-state index in [1.807, 2.05) is 41.1 Å². The molecule has 0 N–H and O–H groups in total. The van der Waals surface area contributed by atoms with Crippen molar-refractivity contribution >= 4 is 34.1 Å². The Bertz CT molecular complexity index is 979. The molecule has 3 heterocycles. The van der Waals surface area contributed by atoms with Crippen LogP contribution in [0, 0.1) is 0 Å². The van der Waals surface area contributed by atoms with Crippen molar-refractivity contribution < 1.29 is 14.3 Å². The van der Waals surface area contributed by atoms with Gasteiger partial charge in [0, 0.05) is 43.0 Å². The first-order chi connectivity index (χ1) is 13.2. The molecule has 0 saturated carbocycles. The molecule has 2 amide bonds. The highest BCUT2D eigenvalue weighted by atomic mass is 32.1. The molecule has 1 saturated heterocycles. The van der Waals surface area contributed by atoms with Crippen LogP contribution < -0.4 is 4.74 Å². The lowest BCUT2D eigenvalue weighted by Gasteiger charge is -2.34. The summed E-state index contributed by atoms with van der Waals surface area (Å²) in [5, 5.41) is 4.56. The molecular weight excluding hydrogens is 362 g/mol. The Hall–Kier alpha value is -2.93. The standard InChI is InChI=1S/C20H19N3O3S/c1-26-18-12-16(15-4-2-3-5-17(15)21-18)20(25)23-9-7-22(8-10-23)19(24)14-6-11-27-13-14/h2-6,11-13H,7-10H2,1H3. The van der Waals surface area contributed by atoms with Crippen LogP contribution in [-0.2, 0) is 0 Å². The van der Waals surface area contributed by atoms with Crippen LogP contribution in [0.1, 0.15) is 20.7 Å². The summed E-state index contributed by atoms with van der Waals surface area (Å²) in [6.45, 7) is 2.07. The lowest BCUT2D eigenvalue weighted by molar-refractivity contribution is 0.0536. The van der Waals surface area contributed by atoms with Crippen molar-refractivity contribution in [2.45, 2.75) is 0 Å². The fourth-order valence-electron chi connectivity index (χ4n) is 3.28. The Kier molecular flexibility index (Phi) is 4.77. The molecule has 4 rings (SSSR count). The SMILES string of the molecule is COc1cc(C(=O)N2CCN(C(=O)c3ccsc3)CC2)c2ccccc2n1. The second-order valence-electron chi connectivity index (χ2n) is 6.33. The number of rotatable bonds is 3. The average Bonchev–Trinajstić information content (AvgIpc) is 3.27. The van der Waals surface area contributed by atoms with E-state index in [4.69, 9.17) is 4.74 Å². The second-order valence-corrected chi connectivity index (χ2v) is 7.11. The van der Waals surface area contributed by atoms with E-state index in [1.54, 1.807) is 23.0 Å². The number of nitrogens with zero attached hydrogens (tertiary/aromatic N) is 3. The number of thiophene rings is 1. The highest BCUT2D eigenvalue weighted by Gasteiger charge is 2.27. The van der Waals surface area contributed by atoms with E-state index >= 15 is 0 Å². The van der Waals surface area contributed by atoms with Gasteiger partial charge in [-0.05, 0) is 17.5 Å². The van der Waals surface area contributed by atoms with Gasteiger partial charge in [0.15, 0.2) is 0 Å². The molecule has 1 aliphatic heterocycles. The molecule has 3 aromatic rings. The molecule has 1 fully saturated rings. The number of amides is 2. The minimum absolute atomic E-state index is 0.0272. The van der Waals surface area contributed by atoms with Crippen molar-refractivity contribution in [1.29, 1.82) is 0 Å². The van der Waals surface area contributed by atoms with Crippen molar-refractivity contribution in [3.8, 4) is 5.88 Å². The van der Waals surface area contributed by atoms with Gasteiger partial charge in [0.05, 0.1) is 23.8 Å². The monoisotopic (exact) mass is 381 g/mol. The Morgan fingerprint density at radius 3 is 2.41 bits per heavy atom. The van der Waals surface area contributed by atoms with Crippen molar-refractivity contribution in [3.05, 3.63) is 58.3 Å². The number of methoxy groups -OCH3 is 1. The lowest BCUT2D eigenvalue weighted by Crippen LogP contribution is -2.50. The van der Waals surface area contributed by atoms with Crippen molar-refractivity contribution in [3.63, 3.8) is 0 Å². The number of fused-ring (bicyclic) bond motifs is 1. The van der Waals surface area contributed by atoms with Gasteiger partial charge >= 0.3 is 0 Å². The number of carbonyl (C=O) groups is 2. The van der Waals surface area contributed by atoms with Gasteiger partial charge < -0.3 is 14.5 Å². The van der Waals surface area contributed by atoms with Crippen LogP contribution in [-0.4, -0.2) is 59.9 Å². The summed E-state index contributed by atoms with van der Waals surface area (Å²) in [5.74, 6) is 0.386. The van der Waals surface area contributed by atoms with E-state index in [1.165, 1.54) is 11.3 Å². The smallest absolute Gasteiger partial charge is 0.254 e. The second kappa shape index (κ2) is 7.36. The average molecular weight is 381 g/mol. The Labute approximate surface area is 161 Å². The van der Waals surface area contributed by atoms with Gasteiger partial charge in [-0.3, -0.25) is 9.59 Å². The molecule has 1 aliphatic rings. The van der Waals surface area contributed by atoms with Gasteiger partial charge in [0.1, 0.15) is 0 Å². The number of benzene rings is 1. The summed E-state index contributed by atoms with van der Waals surface area (Å²) in [6, 6.07) is 11.1. The van der Waals surface area contributed by atoms with Gasteiger partial charge in [-0.15, -0.1) is 0 Å². The number of hydrogen-bond acceptors (Lipinski definition) is 5. The highest BCUT2D eigenvalue weighted by molar-refractivity contribution is 7.08. The molecule has 0 bridgehead atoms. The Morgan fingerprint density at radius 1 is 1.04 bits per heavy atom. The van der Waals surface area contributed by atoms with Crippen molar-refractivity contribution in [2.75, 3.05) is 33.3 Å². The number of hydrogen-bond donors (Lipinski definition) is 0. The Morgan fingerprint density at radius 2 is 1.74 bits per heavy atom. The van der Waals surface area contributed by atoms with Gasteiger partial charge in [-0.2, -0.15) is 11.3 Å². The minimum Gasteiger partial charge on any atom is -0.481 e. The maximum absolute atomic E-state index is 13.1. The van der Waals surface area contributed by atoms with Crippen LogP contribution in [0.2, 0.25) is 0 Å². The van der Waals surface area contributed by atoms with E-state index in [-0.39, 0.29) is 11.8 Å². The summed E-state index contributed by atoms with van der Waals surface area (Å²) in [7, 11) is 1.54. The zero-order chi connectivity index (χ0) is 18.8. The third kappa shape index (κ3) is 3.38. The minimum atomic E-state index is -0.0606. The van der Waals surface area contributed by atoms with Gasteiger partial charge in [0.25, 0.3) is 11.8 Å². The van der Waals surface area contributed by atoms with Crippen LogP contribution in [0.15, 0.2) is 47.2 Å². The molecule has 138 valence electrons. The first kappa shape index (κ1) is 17.5. The summed E-state index contributed by atoms with van der Waals surface area (Å²) >= 11 is 1.51. The van der Waals surface area contributed by atoms with Crippen LogP contribution in [0.4, 0.5) is 0 Å². The first-order valence-corrected chi connectivity index (χ1v) is 9.66. The molecule has 0 unspecified atom stereocenters. The third-order valence-corrected chi connectivity index (χ3v) is 5.44. The van der Waals surface area contributed by atoms with Crippen molar-refractivity contribution in [2.24, 2.45) is 0 Å². The number of ether oxygens (including phenoxy) is 1. The molecule has 0 radical (unpaired) electrons. The normalized spacial score (nSPS) is 14.4. The molecule has 0 aliphatic carbocycles. The molecule has 0 atom stereocenters. The van der Waals surface area contributed by atoms with Gasteiger partial charge in [-0.25, -0.2) is 4.98 Å². The molecule has 2 aromatic heterocycles. The van der Waals surface area contributed by atoms with Crippen LogP contribution in [0.5, 0.6) is 5.88 Å². The molecule has 6 nitrogen and oxygen atoms in total. The fourth-order valence-corrected chi connectivity index (χ4v) is 3.91. The van der Waals surface area contributed by atoms with Gasteiger partial charge in [0.2, 0.25) is 5.88 Å². The fraction of sp³-hybridized carbons (Fsp3) is 0.250. The van der Waals surface area contributed by atoms with E-state index in [2.05, 4.69) is 4.98 Å². The number of para-hydroxylation sites is 1. The van der Waals surface area contributed by atoms with Crippen molar-refractivity contribution in [1.82, 2.24) is 14.8 Å². The van der Waals surface area contributed by atoms with Crippen LogP contribution >= 0.6 is 11.3 Å². The zero-order valence-corrected chi connectivity index (χ0v) is 15.7. The zero-order valence-electron chi connectivity index (χ0n) is 14.9. The quantitative estimate of drug-likeness (QED) is 0.700. The van der Waals surface area contributed by atoms with E-state index in [0.717, 1.165) is 10.9 Å².